The number of halogens is 1. The normalized spacial score (nSPS) is 14.8. The zero-order chi connectivity index (χ0) is 30.7. The van der Waals surface area contributed by atoms with E-state index in [2.05, 4.69) is 31.9 Å². The highest BCUT2D eigenvalue weighted by atomic mass is 35.5. The largest absolute Gasteiger partial charge is 0.463 e. The number of piperazine rings is 1. The van der Waals surface area contributed by atoms with E-state index >= 15 is 0 Å². The summed E-state index contributed by atoms with van der Waals surface area (Å²) >= 11 is 5.93. The van der Waals surface area contributed by atoms with Crippen molar-refractivity contribution < 1.29 is 23.9 Å². The van der Waals surface area contributed by atoms with Crippen molar-refractivity contribution in [3.05, 3.63) is 81.1 Å². The number of hydrogen-bond acceptors (Lipinski definition) is 8. The maximum Gasteiger partial charge on any atom is 0.329 e. The fourth-order valence-electron chi connectivity index (χ4n) is 4.29. The average molecular weight is 599 g/mol. The molecular formula is C31H39ClN4O6. The number of nitrogens with one attached hydrogen (secondary N) is 2. The van der Waals surface area contributed by atoms with Crippen LogP contribution in [-0.2, 0) is 25.5 Å². The number of amides is 1. The minimum atomic E-state index is -0.962. The number of benzene rings is 2. The van der Waals surface area contributed by atoms with Gasteiger partial charge in [0.25, 0.3) is 12.4 Å². The molecule has 3 aromatic rings. The van der Waals surface area contributed by atoms with Crippen LogP contribution in [0.3, 0.4) is 0 Å². The first-order chi connectivity index (χ1) is 19.9. The van der Waals surface area contributed by atoms with Crippen molar-refractivity contribution in [2.75, 3.05) is 46.4 Å². The fraction of sp³-hybridized carbons (Fsp3) is 0.419. The number of ether oxygens (including phenoxy) is 2. The number of pyridine rings is 1. The Balaban J connectivity index is 0.000000616. The van der Waals surface area contributed by atoms with Crippen molar-refractivity contribution in [1.29, 1.82) is 0 Å². The Morgan fingerprint density at radius 3 is 2.36 bits per heavy atom. The molecule has 1 aliphatic heterocycles. The Labute approximate surface area is 250 Å². The molecule has 226 valence electrons. The molecule has 11 heteroatoms. The minimum absolute atomic E-state index is 0.122. The van der Waals surface area contributed by atoms with E-state index in [0.29, 0.717) is 34.7 Å². The number of aromatic amines is 1. The molecular weight excluding hydrogens is 560 g/mol. The number of carbonyl (C=O) groups is 3. The van der Waals surface area contributed by atoms with Gasteiger partial charge >= 0.3 is 5.97 Å². The molecule has 1 saturated heterocycles. The summed E-state index contributed by atoms with van der Waals surface area (Å²) < 4.78 is 10.1. The molecule has 0 bridgehead atoms. The summed E-state index contributed by atoms with van der Waals surface area (Å²) in [5.74, 6) is -0.956. The van der Waals surface area contributed by atoms with Crippen LogP contribution < -0.4 is 10.9 Å². The topological polar surface area (TPSA) is 121 Å². The highest BCUT2D eigenvalue weighted by Gasteiger charge is 2.25. The number of hydrogen-bond donors (Lipinski definition) is 2. The van der Waals surface area contributed by atoms with Crippen molar-refractivity contribution in [3.63, 3.8) is 0 Å². The molecule has 2 aromatic carbocycles. The third-order valence-electron chi connectivity index (χ3n) is 6.61. The summed E-state index contributed by atoms with van der Waals surface area (Å²) in [6.45, 7) is 10.6. The summed E-state index contributed by atoms with van der Waals surface area (Å²) in [5.41, 5.74) is 1.11. The summed E-state index contributed by atoms with van der Waals surface area (Å²) in [7, 11) is 2.09. The SMILES string of the molecule is CC(C)(C)OC=O.CN1CCN(CCOC(=O)C(Cc2cc(=O)[nH]c3ccccc23)NC(=O)c2ccc(Cl)cc2)CC1. The lowest BCUT2D eigenvalue weighted by molar-refractivity contribution is -0.146. The maximum atomic E-state index is 13.1. The second-order valence-electron chi connectivity index (χ2n) is 11.1. The smallest absolute Gasteiger partial charge is 0.329 e. The van der Waals surface area contributed by atoms with Crippen LogP contribution in [0.15, 0.2) is 59.4 Å². The number of likely N-dealkylation sites (N-methyl/N-ethyl adjacent to an activating group) is 1. The quantitative estimate of drug-likeness (QED) is 0.284. The van der Waals surface area contributed by atoms with E-state index in [1.54, 1.807) is 30.3 Å². The van der Waals surface area contributed by atoms with Gasteiger partial charge in [0.2, 0.25) is 5.56 Å². The summed E-state index contributed by atoms with van der Waals surface area (Å²) in [5, 5.41) is 4.11. The standard InChI is InChI=1S/C26H29ClN4O4.C5H10O2/c1-30-10-12-31(13-11-30)14-15-35-26(34)23(29-25(33)18-6-8-20(27)9-7-18)16-19-17-24(32)28-22-5-3-2-4-21(19)22;1-5(2,3)7-4-6/h2-9,17,23H,10-16H2,1H3,(H,28,32)(H,29,33);4H,1-3H3. The van der Waals surface area contributed by atoms with E-state index in [4.69, 9.17) is 16.3 Å². The van der Waals surface area contributed by atoms with Crippen LogP contribution in [0.2, 0.25) is 5.02 Å². The summed E-state index contributed by atoms with van der Waals surface area (Å²) in [6, 6.07) is 14.3. The Kier molecular flexibility index (Phi) is 12.1. The molecule has 0 aliphatic carbocycles. The van der Waals surface area contributed by atoms with Crippen LogP contribution in [0.25, 0.3) is 10.9 Å². The van der Waals surface area contributed by atoms with E-state index in [9.17, 15) is 19.2 Å². The molecule has 0 saturated carbocycles. The molecule has 1 aromatic heterocycles. The molecule has 0 spiro atoms. The van der Waals surface area contributed by atoms with Gasteiger partial charge in [-0.15, -0.1) is 0 Å². The number of fused-ring (bicyclic) bond motifs is 1. The summed E-state index contributed by atoms with van der Waals surface area (Å²) in [4.78, 5) is 55.1. The van der Waals surface area contributed by atoms with Crippen LogP contribution in [0.5, 0.6) is 0 Å². The summed E-state index contributed by atoms with van der Waals surface area (Å²) in [6.07, 6.45) is 0.122. The molecule has 10 nitrogen and oxygen atoms in total. The number of carbonyl (C=O) groups excluding carboxylic acids is 3. The van der Waals surface area contributed by atoms with Crippen molar-refractivity contribution in [1.82, 2.24) is 20.1 Å². The van der Waals surface area contributed by atoms with Crippen LogP contribution in [-0.4, -0.2) is 91.2 Å². The Morgan fingerprint density at radius 2 is 1.74 bits per heavy atom. The van der Waals surface area contributed by atoms with Gasteiger partial charge in [-0.1, -0.05) is 29.8 Å². The zero-order valence-electron chi connectivity index (χ0n) is 24.5. The van der Waals surface area contributed by atoms with E-state index < -0.39 is 17.9 Å². The van der Waals surface area contributed by atoms with Crippen LogP contribution in [0.1, 0.15) is 36.7 Å². The molecule has 42 heavy (non-hydrogen) atoms. The molecule has 0 radical (unpaired) electrons. The minimum Gasteiger partial charge on any atom is -0.463 e. The molecule has 4 rings (SSSR count). The lowest BCUT2D eigenvalue weighted by Gasteiger charge is -2.32. The van der Waals surface area contributed by atoms with Crippen molar-refractivity contribution in [2.45, 2.75) is 38.8 Å². The van der Waals surface area contributed by atoms with Crippen LogP contribution >= 0.6 is 11.6 Å². The van der Waals surface area contributed by atoms with E-state index in [0.717, 1.165) is 31.6 Å². The average Bonchev–Trinajstić information content (AvgIpc) is 2.93. The first kappa shape index (κ1) is 32.8. The number of nitrogens with zero attached hydrogens (tertiary/aromatic N) is 2. The van der Waals surface area contributed by atoms with Gasteiger partial charge in [0.1, 0.15) is 18.2 Å². The Hall–Kier alpha value is -3.73. The predicted molar refractivity (Wildman–Crippen MR) is 163 cm³/mol. The first-order valence-corrected chi connectivity index (χ1v) is 14.2. The maximum absolute atomic E-state index is 13.1. The van der Waals surface area contributed by atoms with Crippen LogP contribution in [0.4, 0.5) is 0 Å². The fourth-order valence-corrected chi connectivity index (χ4v) is 4.42. The molecule has 2 heterocycles. The van der Waals surface area contributed by atoms with Gasteiger partial charge in [-0.25, -0.2) is 4.79 Å². The van der Waals surface area contributed by atoms with Gasteiger partial charge < -0.3 is 24.7 Å². The van der Waals surface area contributed by atoms with Gasteiger partial charge in [0, 0.05) is 66.7 Å². The van der Waals surface area contributed by atoms with Gasteiger partial charge in [-0.3, -0.25) is 19.3 Å². The van der Waals surface area contributed by atoms with Crippen molar-refractivity contribution in [3.8, 4) is 0 Å². The zero-order valence-corrected chi connectivity index (χ0v) is 25.3. The number of rotatable bonds is 9. The number of aromatic nitrogens is 1. The second-order valence-corrected chi connectivity index (χ2v) is 11.5. The molecule has 1 atom stereocenters. The van der Waals surface area contributed by atoms with Gasteiger partial charge in [-0.05, 0) is 63.7 Å². The van der Waals surface area contributed by atoms with Gasteiger partial charge in [0.05, 0.1) is 0 Å². The monoisotopic (exact) mass is 598 g/mol. The predicted octanol–water partition coefficient (Wildman–Crippen LogP) is 3.27. The Bertz CT molecular complexity index is 1400. The molecule has 2 N–H and O–H groups in total. The third-order valence-corrected chi connectivity index (χ3v) is 6.86. The van der Waals surface area contributed by atoms with E-state index in [-0.39, 0.29) is 24.2 Å². The molecule has 1 fully saturated rings. The Morgan fingerprint density at radius 1 is 1.07 bits per heavy atom. The lowest BCUT2D eigenvalue weighted by Crippen LogP contribution is -2.47. The number of esters is 1. The van der Waals surface area contributed by atoms with Crippen molar-refractivity contribution >= 4 is 40.9 Å². The second kappa shape index (κ2) is 15.5. The molecule has 1 aliphatic rings. The van der Waals surface area contributed by atoms with E-state index in [1.165, 1.54) is 6.07 Å². The highest BCUT2D eigenvalue weighted by Crippen LogP contribution is 2.17. The van der Waals surface area contributed by atoms with Crippen molar-refractivity contribution in [2.24, 2.45) is 0 Å². The molecule has 1 unspecified atom stereocenters. The van der Waals surface area contributed by atoms with Gasteiger partial charge in [-0.2, -0.15) is 0 Å². The third kappa shape index (κ3) is 10.6. The number of H-pyrrole nitrogens is 1. The van der Waals surface area contributed by atoms with Gasteiger partial charge in [0.15, 0.2) is 0 Å². The lowest BCUT2D eigenvalue weighted by atomic mass is 10.0. The van der Waals surface area contributed by atoms with Crippen LogP contribution in [0, 0.1) is 0 Å². The molecule has 1 amide bonds. The first-order valence-electron chi connectivity index (χ1n) is 13.8. The number of para-hydroxylation sites is 1. The highest BCUT2D eigenvalue weighted by molar-refractivity contribution is 6.30. The van der Waals surface area contributed by atoms with E-state index in [1.807, 2.05) is 39.0 Å².